The molecular formula is C17H19NO2. The molecule has 0 aliphatic heterocycles. The van der Waals surface area contributed by atoms with E-state index in [1.807, 2.05) is 12.1 Å². The number of aromatic nitrogens is 1. The Labute approximate surface area is 119 Å². The molecule has 0 amide bonds. The molecule has 3 heteroatoms. The van der Waals surface area contributed by atoms with Gasteiger partial charge in [0.25, 0.3) is 0 Å². The second-order valence-corrected chi connectivity index (χ2v) is 5.06. The maximum Gasteiger partial charge on any atom is 0.224 e. The van der Waals surface area contributed by atoms with E-state index in [9.17, 15) is 4.79 Å². The Hall–Kier alpha value is -2.16. The van der Waals surface area contributed by atoms with Gasteiger partial charge in [0.15, 0.2) is 5.78 Å². The molecule has 2 aromatic rings. The van der Waals surface area contributed by atoms with Gasteiger partial charge in [0.2, 0.25) is 5.88 Å². The number of carbonyl (C=O) groups excluding carboxylic acids is 1. The maximum atomic E-state index is 12.3. The smallest absolute Gasteiger partial charge is 0.224 e. The maximum absolute atomic E-state index is 12.3. The first-order valence-corrected chi connectivity index (χ1v) is 6.73. The molecule has 20 heavy (non-hydrogen) atoms. The first-order chi connectivity index (χ1) is 9.61. The molecule has 1 aromatic heterocycles. The van der Waals surface area contributed by atoms with Crippen molar-refractivity contribution in [3.8, 4) is 5.88 Å². The van der Waals surface area contributed by atoms with Crippen LogP contribution in [0.15, 0.2) is 42.6 Å². The van der Waals surface area contributed by atoms with E-state index in [1.54, 1.807) is 18.3 Å². The minimum Gasteiger partial charge on any atom is -0.480 e. The third kappa shape index (κ3) is 3.23. The molecule has 0 N–H and O–H groups in total. The molecule has 104 valence electrons. The van der Waals surface area contributed by atoms with E-state index in [2.05, 4.69) is 31.0 Å². The summed E-state index contributed by atoms with van der Waals surface area (Å²) >= 11 is 0. The van der Waals surface area contributed by atoms with Crippen molar-refractivity contribution in [2.45, 2.75) is 26.2 Å². The van der Waals surface area contributed by atoms with Crippen molar-refractivity contribution in [3.63, 3.8) is 0 Å². The van der Waals surface area contributed by atoms with Crippen LogP contribution < -0.4 is 4.74 Å². The summed E-state index contributed by atoms with van der Waals surface area (Å²) in [5.41, 5.74) is 2.81. The van der Waals surface area contributed by atoms with Crippen LogP contribution in [-0.4, -0.2) is 17.9 Å². The highest BCUT2D eigenvalue weighted by Gasteiger charge is 2.13. The molecule has 0 spiro atoms. The van der Waals surface area contributed by atoms with Crippen molar-refractivity contribution in [3.05, 3.63) is 59.3 Å². The molecule has 0 bridgehead atoms. The first kappa shape index (κ1) is 14.3. The fraction of sp³-hybridized carbons (Fsp3) is 0.294. The SMILES string of the molecule is COc1ncccc1C(=O)Cc1ccc(C(C)C)cc1. The predicted octanol–water partition coefficient (Wildman–Crippen LogP) is 3.64. The zero-order valence-electron chi connectivity index (χ0n) is 12.1. The molecular weight excluding hydrogens is 250 g/mol. The first-order valence-electron chi connectivity index (χ1n) is 6.73. The van der Waals surface area contributed by atoms with Gasteiger partial charge in [0.1, 0.15) is 0 Å². The summed E-state index contributed by atoms with van der Waals surface area (Å²) in [6, 6.07) is 11.7. The zero-order valence-corrected chi connectivity index (χ0v) is 12.1. The molecule has 0 aliphatic carbocycles. The Morgan fingerprint density at radius 1 is 1.20 bits per heavy atom. The van der Waals surface area contributed by atoms with E-state index < -0.39 is 0 Å². The Balaban J connectivity index is 2.15. The summed E-state index contributed by atoms with van der Waals surface area (Å²) in [5.74, 6) is 0.904. The summed E-state index contributed by atoms with van der Waals surface area (Å²) in [4.78, 5) is 16.3. The van der Waals surface area contributed by atoms with E-state index in [0.29, 0.717) is 23.8 Å². The lowest BCUT2D eigenvalue weighted by Gasteiger charge is -2.08. The normalized spacial score (nSPS) is 10.6. The Morgan fingerprint density at radius 2 is 1.90 bits per heavy atom. The standard InChI is InChI=1S/C17H19NO2/c1-12(2)14-8-6-13(7-9-14)11-16(19)15-5-4-10-18-17(15)20-3/h4-10,12H,11H2,1-3H3. The third-order valence-corrected chi connectivity index (χ3v) is 3.28. The number of ether oxygens (including phenoxy) is 1. The lowest BCUT2D eigenvalue weighted by Crippen LogP contribution is -2.06. The molecule has 0 unspecified atom stereocenters. The Kier molecular flexibility index (Phi) is 4.51. The molecule has 0 aliphatic rings. The third-order valence-electron chi connectivity index (χ3n) is 3.28. The summed E-state index contributed by atoms with van der Waals surface area (Å²) in [6.45, 7) is 4.31. The Morgan fingerprint density at radius 3 is 2.50 bits per heavy atom. The van der Waals surface area contributed by atoms with E-state index in [0.717, 1.165) is 5.56 Å². The second kappa shape index (κ2) is 6.33. The van der Waals surface area contributed by atoms with Crippen molar-refractivity contribution < 1.29 is 9.53 Å². The number of nitrogens with zero attached hydrogens (tertiary/aromatic N) is 1. The van der Waals surface area contributed by atoms with Gasteiger partial charge in [-0.15, -0.1) is 0 Å². The molecule has 0 saturated carbocycles. The molecule has 0 fully saturated rings. The highest BCUT2D eigenvalue weighted by Crippen LogP contribution is 2.18. The molecule has 0 atom stereocenters. The Bertz CT molecular complexity index is 588. The van der Waals surface area contributed by atoms with Crippen LogP contribution in [-0.2, 0) is 6.42 Å². The number of hydrogen-bond acceptors (Lipinski definition) is 3. The predicted molar refractivity (Wildman–Crippen MR) is 79.4 cm³/mol. The molecule has 0 saturated heterocycles. The van der Waals surface area contributed by atoms with Gasteiger partial charge in [-0.05, 0) is 29.2 Å². The van der Waals surface area contributed by atoms with E-state index in [4.69, 9.17) is 4.74 Å². The second-order valence-electron chi connectivity index (χ2n) is 5.06. The highest BCUT2D eigenvalue weighted by molar-refractivity contribution is 5.99. The van der Waals surface area contributed by atoms with Crippen LogP contribution in [0.5, 0.6) is 5.88 Å². The number of Topliss-reactive ketones (excluding diaryl/α,β-unsaturated/α-hetero) is 1. The molecule has 1 aromatic carbocycles. The van der Waals surface area contributed by atoms with Gasteiger partial charge in [-0.2, -0.15) is 0 Å². The van der Waals surface area contributed by atoms with Gasteiger partial charge in [-0.1, -0.05) is 38.1 Å². The van der Waals surface area contributed by atoms with E-state index in [1.165, 1.54) is 12.7 Å². The van der Waals surface area contributed by atoms with Crippen molar-refractivity contribution in [2.75, 3.05) is 7.11 Å². The van der Waals surface area contributed by atoms with E-state index >= 15 is 0 Å². The lowest BCUT2D eigenvalue weighted by atomic mass is 9.98. The average molecular weight is 269 g/mol. The average Bonchev–Trinajstić information content (AvgIpc) is 2.47. The highest BCUT2D eigenvalue weighted by atomic mass is 16.5. The van der Waals surface area contributed by atoms with Crippen LogP contribution in [0.3, 0.4) is 0 Å². The molecule has 3 nitrogen and oxygen atoms in total. The summed E-state index contributed by atoms with van der Waals surface area (Å²) in [7, 11) is 1.52. The van der Waals surface area contributed by atoms with Crippen molar-refractivity contribution in [2.24, 2.45) is 0 Å². The van der Waals surface area contributed by atoms with Crippen LogP contribution in [0, 0.1) is 0 Å². The largest absolute Gasteiger partial charge is 0.480 e. The summed E-state index contributed by atoms with van der Waals surface area (Å²) in [6.07, 6.45) is 1.98. The van der Waals surface area contributed by atoms with E-state index in [-0.39, 0.29) is 5.78 Å². The number of benzene rings is 1. The minimum atomic E-state index is 0.0206. The molecule has 2 rings (SSSR count). The van der Waals surface area contributed by atoms with Gasteiger partial charge in [0.05, 0.1) is 12.7 Å². The van der Waals surface area contributed by atoms with Gasteiger partial charge in [-0.25, -0.2) is 4.98 Å². The molecule has 0 radical (unpaired) electrons. The van der Waals surface area contributed by atoms with Gasteiger partial charge >= 0.3 is 0 Å². The van der Waals surface area contributed by atoms with Crippen LogP contribution in [0.4, 0.5) is 0 Å². The lowest BCUT2D eigenvalue weighted by molar-refractivity contribution is 0.0989. The number of ketones is 1. The van der Waals surface area contributed by atoms with Gasteiger partial charge in [-0.3, -0.25) is 4.79 Å². The van der Waals surface area contributed by atoms with Crippen molar-refractivity contribution >= 4 is 5.78 Å². The fourth-order valence-corrected chi connectivity index (χ4v) is 2.07. The van der Waals surface area contributed by atoms with Crippen LogP contribution in [0.1, 0.15) is 41.3 Å². The van der Waals surface area contributed by atoms with Crippen LogP contribution >= 0.6 is 0 Å². The molecule has 1 heterocycles. The zero-order chi connectivity index (χ0) is 14.5. The topological polar surface area (TPSA) is 39.2 Å². The number of pyridine rings is 1. The fourth-order valence-electron chi connectivity index (χ4n) is 2.07. The minimum absolute atomic E-state index is 0.0206. The van der Waals surface area contributed by atoms with Crippen molar-refractivity contribution in [1.29, 1.82) is 0 Å². The quantitative estimate of drug-likeness (QED) is 0.778. The van der Waals surface area contributed by atoms with Crippen LogP contribution in [0.2, 0.25) is 0 Å². The number of rotatable bonds is 5. The number of hydrogen-bond donors (Lipinski definition) is 0. The van der Waals surface area contributed by atoms with Crippen molar-refractivity contribution in [1.82, 2.24) is 4.98 Å². The summed E-state index contributed by atoms with van der Waals surface area (Å²) in [5, 5.41) is 0. The van der Waals surface area contributed by atoms with Gasteiger partial charge < -0.3 is 4.74 Å². The van der Waals surface area contributed by atoms with Crippen LogP contribution in [0.25, 0.3) is 0 Å². The summed E-state index contributed by atoms with van der Waals surface area (Å²) < 4.78 is 5.12. The van der Waals surface area contributed by atoms with Gasteiger partial charge in [0, 0.05) is 12.6 Å². The number of carbonyl (C=O) groups is 1. The number of methoxy groups -OCH3 is 1. The monoisotopic (exact) mass is 269 g/mol.